The number of carbonyl (C=O) groups is 2. The van der Waals surface area contributed by atoms with Crippen LogP contribution >= 0.6 is 95.6 Å². The van der Waals surface area contributed by atoms with Crippen LogP contribution in [-0.2, 0) is 0 Å². The number of carboxylic acid groups (broad SMARTS) is 2. The van der Waals surface area contributed by atoms with Crippen molar-refractivity contribution in [1.29, 1.82) is 0 Å². The van der Waals surface area contributed by atoms with Crippen molar-refractivity contribution in [3.05, 3.63) is 151 Å². The second-order valence-electron chi connectivity index (χ2n) is 12.8. The Balaban J connectivity index is 0.000000188. The molecule has 4 aliphatic rings. The molecule has 16 nitrogen and oxygen atoms in total. The topological polar surface area (TPSA) is 267 Å². The molecule has 0 atom stereocenters. The minimum Gasteiger partial charge on any atom is -0.871 e. The predicted octanol–water partition coefficient (Wildman–Crippen LogP) is 11.1. The summed E-state index contributed by atoms with van der Waals surface area (Å²) in [7, 11) is 0. The van der Waals surface area contributed by atoms with Crippen LogP contribution in [0.5, 0.6) is 11.5 Å². The number of halogens is 6. The molecular weight excluding hydrogens is 1210 g/mol. The summed E-state index contributed by atoms with van der Waals surface area (Å²) in [6, 6.07) is 17.1. The van der Waals surface area contributed by atoms with Gasteiger partial charge in [0.05, 0.1) is 34.4 Å². The van der Waals surface area contributed by atoms with Crippen molar-refractivity contribution in [2.24, 2.45) is 0 Å². The highest BCUT2D eigenvalue weighted by Crippen LogP contribution is 2.51. The molecule has 0 amide bonds. The largest absolute Gasteiger partial charge is 0.871 e. The molecule has 0 aromatic heterocycles. The van der Waals surface area contributed by atoms with Crippen LogP contribution in [-0.4, -0.2) is 32.0 Å². The third-order valence-corrected chi connectivity index (χ3v) is 13.4. The Morgan fingerprint density at radius 2 is 0.968 bits per heavy atom. The molecule has 4 aromatic rings. The van der Waals surface area contributed by atoms with Crippen LogP contribution in [0, 0.1) is 20.2 Å². The first-order chi connectivity index (χ1) is 29.3. The Morgan fingerprint density at radius 1 is 0.532 bits per heavy atom. The van der Waals surface area contributed by atoms with Gasteiger partial charge in [0.2, 0.25) is 5.43 Å². The first-order valence-electron chi connectivity index (χ1n) is 16.8. The summed E-state index contributed by atoms with van der Waals surface area (Å²) in [6.07, 6.45) is 0. The van der Waals surface area contributed by atoms with E-state index in [2.05, 4.69) is 95.6 Å². The van der Waals surface area contributed by atoms with Gasteiger partial charge in [0.15, 0.2) is 11.5 Å². The number of aromatic carboxylic acids is 2. The SMILES string of the molecule is O=C(O)c1ccccc1-c1c2cc(Br)c(=O)c(Br)c-2oc2c(Br)c([O-])c(Br)cc12.O=C(O)c1ccccc1-c1c2cc([N+](=O)[O-])c(=O)c(Br)c-2oc2c(Br)c([O-])c([N+](=O)[O-])cc12. The van der Waals surface area contributed by atoms with E-state index in [1.54, 1.807) is 30.3 Å². The molecule has 0 fully saturated rings. The normalized spacial score (nSPS) is 11.2. The summed E-state index contributed by atoms with van der Waals surface area (Å²) in [4.78, 5) is 69.8. The molecule has 4 aromatic carbocycles. The summed E-state index contributed by atoms with van der Waals surface area (Å²) < 4.78 is 11.9. The average Bonchev–Trinajstić information content (AvgIpc) is 3.23. The quantitative estimate of drug-likeness (QED) is 0.0891. The van der Waals surface area contributed by atoms with Crippen molar-refractivity contribution in [2.45, 2.75) is 0 Å². The zero-order valence-electron chi connectivity index (χ0n) is 29.9. The molecular formula is C40H14Br6N2O14-2. The van der Waals surface area contributed by atoms with E-state index < -0.39 is 44.3 Å². The minimum atomic E-state index is -1.34. The van der Waals surface area contributed by atoms with Crippen LogP contribution in [0.2, 0.25) is 0 Å². The zero-order chi connectivity index (χ0) is 45.2. The third-order valence-electron chi connectivity index (χ3n) is 9.31. The van der Waals surface area contributed by atoms with Gasteiger partial charge in [-0.3, -0.25) is 29.8 Å². The predicted molar refractivity (Wildman–Crippen MR) is 241 cm³/mol. The molecule has 8 rings (SSSR count). The molecule has 0 saturated carbocycles. The van der Waals surface area contributed by atoms with Crippen molar-refractivity contribution >= 4 is 141 Å². The van der Waals surface area contributed by atoms with E-state index in [-0.39, 0.29) is 85.0 Å². The van der Waals surface area contributed by atoms with Gasteiger partial charge >= 0.3 is 17.6 Å². The summed E-state index contributed by atoms with van der Waals surface area (Å²) in [5, 5.41) is 67.7. The monoisotopic (exact) mass is 1220 g/mol. The molecule has 0 radical (unpaired) electrons. The highest BCUT2D eigenvalue weighted by molar-refractivity contribution is 9.11. The Kier molecular flexibility index (Phi) is 12.2. The molecule has 2 heterocycles. The third kappa shape index (κ3) is 7.46. The van der Waals surface area contributed by atoms with Crippen LogP contribution in [0.15, 0.2) is 118 Å². The number of hydrogen-bond acceptors (Lipinski definition) is 12. The average molecular weight is 1230 g/mol. The number of nitro groups is 2. The fourth-order valence-corrected chi connectivity index (χ4v) is 10.0. The lowest BCUT2D eigenvalue weighted by molar-refractivity contribution is -0.398. The Bertz CT molecular complexity index is 3370. The van der Waals surface area contributed by atoms with Crippen molar-refractivity contribution in [1.82, 2.24) is 0 Å². The van der Waals surface area contributed by atoms with Crippen LogP contribution in [0.1, 0.15) is 20.7 Å². The molecule has 0 saturated heterocycles. The van der Waals surface area contributed by atoms with E-state index >= 15 is 0 Å². The van der Waals surface area contributed by atoms with Gasteiger partial charge in [0, 0.05) is 49.6 Å². The molecule has 22 heteroatoms. The second-order valence-corrected chi connectivity index (χ2v) is 17.6. The zero-order valence-corrected chi connectivity index (χ0v) is 39.4. The lowest BCUT2D eigenvalue weighted by Crippen LogP contribution is -2.12. The van der Waals surface area contributed by atoms with Gasteiger partial charge in [-0.15, -0.1) is 0 Å². The van der Waals surface area contributed by atoms with Crippen molar-refractivity contribution in [3.8, 4) is 56.4 Å². The van der Waals surface area contributed by atoms with Crippen molar-refractivity contribution < 1.29 is 48.7 Å². The van der Waals surface area contributed by atoms with Crippen molar-refractivity contribution in [2.75, 3.05) is 0 Å². The lowest BCUT2D eigenvalue weighted by Gasteiger charge is -2.21. The van der Waals surface area contributed by atoms with E-state index in [0.29, 0.717) is 31.0 Å². The summed E-state index contributed by atoms with van der Waals surface area (Å²) in [5.41, 5.74) is -1.67. The number of non-ortho nitro benzene ring substituents is 1. The molecule has 0 bridgehead atoms. The lowest BCUT2D eigenvalue weighted by atomic mass is 9.90. The molecule has 62 heavy (non-hydrogen) atoms. The van der Waals surface area contributed by atoms with E-state index in [1.165, 1.54) is 30.3 Å². The fraction of sp³-hybridized carbons (Fsp3) is 0. The molecule has 2 aliphatic heterocycles. The summed E-state index contributed by atoms with van der Waals surface area (Å²) >= 11 is 19.0. The number of carboxylic acids is 2. The number of hydrogen-bond donors (Lipinski definition) is 2. The van der Waals surface area contributed by atoms with Gasteiger partial charge in [0.1, 0.15) is 20.1 Å². The smallest absolute Gasteiger partial charge is 0.336 e. The van der Waals surface area contributed by atoms with E-state index in [9.17, 15) is 59.8 Å². The van der Waals surface area contributed by atoms with E-state index in [4.69, 9.17) is 8.83 Å². The van der Waals surface area contributed by atoms with Crippen molar-refractivity contribution in [3.63, 3.8) is 0 Å². The maximum Gasteiger partial charge on any atom is 0.336 e. The number of benzene rings is 6. The van der Waals surface area contributed by atoms with Crippen LogP contribution in [0.25, 0.3) is 66.8 Å². The maximum atomic E-state index is 12.5. The van der Waals surface area contributed by atoms with Gasteiger partial charge < -0.3 is 29.3 Å². The van der Waals surface area contributed by atoms with Crippen LogP contribution in [0.4, 0.5) is 11.4 Å². The molecule has 2 aliphatic carbocycles. The first-order valence-corrected chi connectivity index (χ1v) is 21.5. The number of rotatable bonds is 6. The number of nitrogens with zero attached hydrogens (tertiary/aromatic N) is 2. The Hall–Kier alpha value is -5.52. The molecule has 312 valence electrons. The highest BCUT2D eigenvalue weighted by atomic mass is 79.9. The number of fused-ring (bicyclic) bond motifs is 4. The summed E-state index contributed by atoms with van der Waals surface area (Å²) in [5.74, 6) is -3.76. The van der Waals surface area contributed by atoms with Gasteiger partial charge in [-0.1, -0.05) is 58.1 Å². The maximum absolute atomic E-state index is 12.5. The molecule has 2 N–H and O–H groups in total. The van der Waals surface area contributed by atoms with E-state index in [0.717, 1.165) is 12.1 Å². The number of nitro benzene ring substituents is 2. The highest BCUT2D eigenvalue weighted by Gasteiger charge is 2.31. The van der Waals surface area contributed by atoms with E-state index in [1.807, 2.05) is 0 Å². The van der Waals surface area contributed by atoms with Crippen LogP contribution < -0.4 is 21.1 Å². The van der Waals surface area contributed by atoms with Gasteiger partial charge in [-0.2, -0.15) is 0 Å². The van der Waals surface area contributed by atoms with Crippen LogP contribution in [0.3, 0.4) is 0 Å². The Morgan fingerprint density at radius 3 is 1.45 bits per heavy atom. The van der Waals surface area contributed by atoms with Gasteiger partial charge in [-0.25, -0.2) is 9.59 Å². The van der Waals surface area contributed by atoms with Gasteiger partial charge in [0.25, 0.3) is 11.1 Å². The van der Waals surface area contributed by atoms with Gasteiger partial charge in [-0.05, 0) is 121 Å². The fourth-order valence-electron chi connectivity index (χ4n) is 6.63. The minimum absolute atomic E-state index is 0.00292. The first kappa shape index (κ1) is 44.5. The summed E-state index contributed by atoms with van der Waals surface area (Å²) in [6.45, 7) is 0. The standard InChI is InChI=1S/C20H8Br4O5.C20H8Br2N2O9/c21-11-5-9-13(7-3-1-2-4-8(7)20(27)28)10-6-12(22)17(26)15(24)19(10)29-18(9)14(23)16(11)25;21-14-16(25)11(23(29)30)5-9-13(7-3-1-2-4-8(7)20(27)28)10-6-12(24(31)32)17(26)15(22)19(10)33-18(9)14/h1-6,25H,(H,27,28);1-6,25H,(H,27,28)/p-2. The molecule has 0 unspecified atom stereocenters. The second kappa shape index (κ2) is 17.0. The molecule has 0 spiro atoms. The Labute approximate surface area is 394 Å².